The van der Waals surface area contributed by atoms with Crippen molar-refractivity contribution in [2.75, 3.05) is 0 Å². The first-order valence-corrected chi connectivity index (χ1v) is 16.4. The van der Waals surface area contributed by atoms with E-state index in [0.717, 1.165) is 0 Å². The molecule has 0 saturated carbocycles. The zero-order chi connectivity index (χ0) is 25.7. The predicted octanol–water partition coefficient (Wildman–Crippen LogP) is 11.1. The summed E-state index contributed by atoms with van der Waals surface area (Å²) in [6.45, 7) is 11.6. The Morgan fingerprint density at radius 3 is 1.12 bits per heavy atom. The van der Waals surface area contributed by atoms with Crippen LogP contribution in [0.25, 0.3) is 43.8 Å². The van der Waals surface area contributed by atoms with E-state index in [4.69, 9.17) is 0 Å². The van der Waals surface area contributed by atoms with Crippen molar-refractivity contribution in [1.29, 1.82) is 0 Å². The summed E-state index contributed by atoms with van der Waals surface area (Å²) in [7, 11) is 0. The van der Waals surface area contributed by atoms with Crippen LogP contribution in [0, 0.1) is 57.4 Å². The van der Waals surface area contributed by atoms with Gasteiger partial charge in [-0.1, -0.05) is 96.8 Å². The van der Waals surface area contributed by atoms with Gasteiger partial charge in [-0.15, -0.1) is 69.1 Å². The Labute approximate surface area is 261 Å². The Hall–Kier alpha value is -2.80. The molecule has 2 heteroatoms. The van der Waals surface area contributed by atoms with E-state index >= 15 is 0 Å². The molecule has 6 rings (SSSR count). The van der Waals surface area contributed by atoms with Crippen LogP contribution in [0.3, 0.4) is 0 Å². The zero-order valence-corrected chi connectivity index (χ0v) is 28.9. The fraction of sp³-hybridized carbons (Fsp3) is 0.105. The van der Waals surface area contributed by atoms with E-state index in [9.17, 15) is 0 Å². The molecule has 0 aliphatic carbocycles. The monoisotopic (exact) mass is 616 g/mol. The molecule has 6 aromatic carbocycles. The number of fused-ring (bicyclic) bond motifs is 2. The molecule has 0 N–H and O–H groups in total. The van der Waals surface area contributed by atoms with Crippen molar-refractivity contribution in [2.45, 2.75) is 27.7 Å². The number of aryl methyl sites for hydroxylation is 4. The third-order valence-electron chi connectivity index (χ3n) is 6.52. The minimum atomic E-state index is 0. The van der Waals surface area contributed by atoms with E-state index in [1.54, 1.807) is 0 Å². The van der Waals surface area contributed by atoms with Gasteiger partial charge in [0.05, 0.1) is 0 Å². The standard InChI is InChI=1S/2C17H15.4CH3.Si.Zr/c2*1-12-6-8-14(9-7-12)16-5-3-4-15-10-13(2)11-17(15)16;;;;;;/h2*3-11H,1-2H3;4*1H3;;/q6*-1;;. The fourth-order valence-corrected chi connectivity index (χ4v) is 4.74. The summed E-state index contributed by atoms with van der Waals surface area (Å²) in [5, 5.41) is 5.38. The maximum absolute atomic E-state index is 3.06. The van der Waals surface area contributed by atoms with Crippen molar-refractivity contribution < 1.29 is 23.3 Å². The Bertz CT molecular complexity index is 1460. The molecule has 40 heavy (non-hydrogen) atoms. The second-order valence-corrected chi connectivity index (χ2v) is 9.41. The minimum absolute atomic E-state index is 0. The molecule has 0 heterocycles. The van der Waals surface area contributed by atoms with Gasteiger partial charge < -0.3 is 29.7 Å². The van der Waals surface area contributed by atoms with E-state index < -0.39 is 0 Å². The predicted molar refractivity (Wildman–Crippen MR) is 180 cm³/mol. The van der Waals surface area contributed by atoms with Crippen molar-refractivity contribution in [1.82, 2.24) is 0 Å². The Kier molecular flexibility index (Phi) is 15.9. The van der Waals surface area contributed by atoms with Gasteiger partial charge in [-0.25, -0.2) is 0 Å². The van der Waals surface area contributed by atoms with Crippen molar-refractivity contribution in [2.24, 2.45) is 0 Å². The van der Waals surface area contributed by atoms with E-state index in [1.807, 2.05) is 0 Å². The average Bonchev–Trinajstić information content (AvgIpc) is 3.47. The fourth-order valence-electron chi connectivity index (χ4n) is 4.74. The number of benzene rings is 4. The summed E-state index contributed by atoms with van der Waals surface area (Å²) >= 11 is 1.36. The van der Waals surface area contributed by atoms with Crippen molar-refractivity contribution >= 4 is 28.4 Å². The van der Waals surface area contributed by atoms with Crippen molar-refractivity contribution in [3.63, 3.8) is 0 Å². The van der Waals surface area contributed by atoms with Crippen LogP contribution in [-0.2, 0) is 23.3 Å². The van der Waals surface area contributed by atoms with E-state index in [0.29, 0.717) is 0 Å². The van der Waals surface area contributed by atoms with Gasteiger partial charge in [0.25, 0.3) is 0 Å². The summed E-state index contributed by atoms with van der Waals surface area (Å²) in [6, 6.07) is 39.5. The van der Waals surface area contributed by atoms with Crippen LogP contribution < -0.4 is 0 Å². The number of rotatable bonds is 2. The van der Waals surface area contributed by atoms with Crippen LogP contribution in [0.15, 0.2) is 109 Å². The van der Waals surface area contributed by atoms with Crippen LogP contribution in [-0.4, -0.2) is 6.88 Å². The molecule has 0 aliphatic rings. The summed E-state index contributed by atoms with van der Waals surface area (Å²) in [5.41, 5.74) is 10.5. The Balaban J connectivity index is 0.000000655. The summed E-state index contributed by atoms with van der Waals surface area (Å²) in [4.78, 5) is 0. The Morgan fingerprint density at radius 2 is 0.800 bits per heavy atom. The molecule has 0 spiro atoms. The molecule has 6 aromatic rings. The van der Waals surface area contributed by atoms with Crippen LogP contribution in [0.1, 0.15) is 22.3 Å². The molecule has 2 radical (unpaired) electrons. The summed E-state index contributed by atoms with van der Waals surface area (Å²) < 4.78 is 0. The van der Waals surface area contributed by atoms with Crippen molar-refractivity contribution in [3.05, 3.63) is 161 Å². The first kappa shape index (κ1) is 37.2. The Morgan fingerprint density at radius 1 is 0.475 bits per heavy atom. The van der Waals surface area contributed by atoms with Crippen LogP contribution in [0.4, 0.5) is 0 Å². The van der Waals surface area contributed by atoms with Gasteiger partial charge in [0.15, 0.2) is 0 Å². The third kappa shape index (κ3) is 8.60. The first-order chi connectivity index (χ1) is 17.5. The second-order valence-electron chi connectivity index (χ2n) is 9.41. The van der Waals surface area contributed by atoms with Gasteiger partial charge in [-0.2, -0.15) is 12.1 Å². The summed E-state index contributed by atoms with van der Waals surface area (Å²) in [5.74, 6) is 0. The zero-order valence-electron chi connectivity index (χ0n) is 25.4. The molecule has 0 bridgehead atoms. The molecule has 0 amide bonds. The molecule has 0 atom stereocenters. The molecule has 208 valence electrons. The quantitative estimate of drug-likeness (QED) is 0.134. The van der Waals surface area contributed by atoms with Gasteiger partial charge in [-0.05, 0) is 25.0 Å². The molecular weight excluding hydrogens is 576 g/mol. The molecule has 0 saturated heterocycles. The second kappa shape index (κ2) is 17.1. The van der Waals surface area contributed by atoms with Gasteiger partial charge in [-0.3, -0.25) is 0 Å². The molecule has 0 aliphatic heterocycles. The van der Waals surface area contributed by atoms with Crippen LogP contribution >= 0.6 is 0 Å². The SMILES string of the molecule is Cc1ccc(-c2cccc3[cH-]c(C)cc23)cc1.Cc1ccc(-c2cccc3[cH-]c(C)cc23)cc1.[CH3-].[CH3-].[CH3-].[CH3-].[Si]=[Zr]. The molecular formula is C38H42SiZr-6. The maximum atomic E-state index is 3.06. The summed E-state index contributed by atoms with van der Waals surface area (Å²) in [6.07, 6.45) is 0. The molecule has 0 fully saturated rings. The van der Waals surface area contributed by atoms with Crippen LogP contribution in [0.5, 0.6) is 0 Å². The average molecular weight is 618 g/mol. The van der Waals surface area contributed by atoms with Gasteiger partial charge in [0, 0.05) is 0 Å². The molecule has 0 nitrogen and oxygen atoms in total. The molecule has 0 unspecified atom stereocenters. The van der Waals surface area contributed by atoms with Gasteiger partial charge in [0.2, 0.25) is 0 Å². The number of hydrogen-bond acceptors (Lipinski definition) is 0. The number of hydrogen-bond donors (Lipinski definition) is 0. The van der Waals surface area contributed by atoms with Crippen molar-refractivity contribution in [3.8, 4) is 22.3 Å². The van der Waals surface area contributed by atoms with Gasteiger partial charge >= 0.3 is 30.2 Å². The third-order valence-corrected chi connectivity index (χ3v) is 6.52. The van der Waals surface area contributed by atoms with E-state index in [1.165, 1.54) is 89.4 Å². The van der Waals surface area contributed by atoms with E-state index in [2.05, 4.69) is 144 Å². The van der Waals surface area contributed by atoms with E-state index in [-0.39, 0.29) is 29.7 Å². The molecule has 0 aromatic heterocycles. The topological polar surface area (TPSA) is 0 Å². The van der Waals surface area contributed by atoms with Gasteiger partial charge in [0.1, 0.15) is 0 Å². The normalized spacial score (nSPS) is 9.38. The van der Waals surface area contributed by atoms with Crippen LogP contribution in [0.2, 0.25) is 0 Å². The first-order valence-electron chi connectivity index (χ1n) is 12.2.